The Morgan fingerprint density at radius 1 is 1.50 bits per heavy atom. The number of aromatic nitrogens is 1. The summed E-state index contributed by atoms with van der Waals surface area (Å²) in [5, 5.41) is 10.3. The van der Waals surface area contributed by atoms with Gasteiger partial charge in [-0.3, -0.25) is 0 Å². The van der Waals surface area contributed by atoms with Crippen LogP contribution in [-0.2, 0) is 0 Å². The van der Waals surface area contributed by atoms with Crippen molar-refractivity contribution in [3.05, 3.63) is 30.0 Å². The molecule has 4 N–H and O–H groups in total. The Labute approximate surface area is 94.0 Å². The molecule has 0 fully saturated rings. The van der Waals surface area contributed by atoms with Crippen LogP contribution in [0.25, 0.3) is 10.9 Å². The minimum absolute atomic E-state index is 0.0270. The molecule has 86 valence electrons. The van der Waals surface area contributed by atoms with Gasteiger partial charge in [-0.1, -0.05) is 0 Å². The lowest BCUT2D eigenvalue weighted by Gasteiger charge is -2.10. The monoisotopic (exact) mass is 220 g/mol. The van der Waals surface area contributed by atoms with Gasteiger partial charge < -0.3 is 20.6 Å². The molecule has 0 amide bonds. The number of aliphatic hydroxyl groups excluding tert-OH is 1. The number of fused-ring (bicyclic) bond motifs is 1. The third kappa shape index (κ3) is 1.77. The van der Waals surface area contributed by atoms with Crippen LogP contribution >= 0.6 is 0 Å². The highest BCUT2D eigenvalue weighted by atomic mass is 16.5. The van der Waals surface area contributed by atoms with Gasteiger partial charge in [0.2, 0.25) is 0 Å². The topological polar surface area (TPSA) is 71.3 Å². The summed E-state index contributed by atoms with van der Waals surface area (Å²) in [5.41, 5.74) is 7.70. The Hall–Kier alpha value is -1.52. The highest BCUT2D eigenvalue weighted by Crippen LogP contribution is 2.28. The zero-order valence-electron chi connectivity index (χ0n) is 9.23. The van der Waals surface area contributed by atoms with Gasteiger partial charge >= 0.3 is 0 Å². The van der Waals surface area contributed by atoms with Crippen molar-refractivity contribution < 1.29 is 9.84 Å². The van der Waals surface area contributed by atoms with Gasteiger partial charge in [-0.05, 0) is 23.8 Å². The number of aromatic amines is 1. The van der Waals surface area contributed by atoms with E-state index in [9.17, 15) is 5.11 Å². The second-order valence-corrected chi connectivity index (χ2v) is 3.77. The minimum atomic E-state index is -0.0270. The van der Waals surface area contributed by atoms with Crippen molar-refractivity contribution in [1.82, 2.24) is 4.98 Å². The standard InChI is InChI=1S/C12H16N2O2/c1-16-9-2-3-12-10(4-9)11(6-14-12)8(5-13)7-15/h2-4,6,8,14-15H,5,7,13H2,1H3. The smallest absolute Gasteiger partial charge is 0.119 e. The molecular formula is C12H16N2O2. The number of nitrogens with one attached hydrogen (secondary N) is 1. The fourth-order valence-corrected chi connectivity index (χ4v) is 1.89. The number of hydrogen-bond donors (Lipinski definition) is 3. The number of hydrogen-bond acceptors (Lipinski definition) is 3. The zero-order chi connectivity index (χ0) is 11.5. The van der Waals surface area contributed by atoms with Crippen LogP contribution in [0.4, 0.5) is 0 Å². The number of nitrogens with two attached hydrogens (primary N) is 1. The molecule has 0 bridgehead atoms. The van der Waals surface area contributed by atoms with E-state index in [2.05, 4.69) is 4.98 Å². The van der Waals surface area contributed by atoms with E-state index >= 15 is 0 Å². The van der Waals surface area contributed by atoms with Crippen LogP contribution in [0.1, 0.15) is 11.5 Å². The summed E-state index contributed by atoms with van der Waals surface area (Å²) < 4.78 is 5.19. The minimum Gasteiger partial charge on any atom is -0.497 e. The van der Waals surface area contributed by atoms with Gasteiger partial charge in [0, 0.05) is 29.6 Å². The molecule has 0 radical (unpaired) electrons. The van der Waals surface area contributed by atoms with Gasteiger partial charge in [-0.25, -0.2) is 0 Å². The van der Waals surface area contributed by atoms with Crippen molar-refractivity contribution in [1.29, 1.82) is 0 Å². The summed E-state index contributed by atoms with van der Waals surface area (Å²) in [6.45, 7) is 0.487. The molecule has 4 heteroatoms. The van der Waals surface area contributed by atoms with E-state index in [0.717, 1.165) is 22.2 Å². The molecule has 1 unspecified atom stereocenters. The molecule has 0 aliphatic carbocycles. The van der Waals surface area contributed by atoms with E-state index in [1.54, 1.807) is 7.11 Å². The first-order chi connectivity index (χ1) is 7.80. The maximum absolute atomic E-state index is 9.26. The molecule has 0 saturated carbocycles. The van der Waals surface area contributed by atoms with Crippen LogP contribution in [0.15, 0.2) is 24.4 Å². The van der Waals surface area contributed by atoms with Crippen LogP contribution in [0.5, 0.6) is 5.75 Å². The third-order valence-corrected chi connectivity index (χ3v) is 2.87. The molecular weight excluding hydrogens is 204 g/mol. The second kappa shape index (κ2) is 4.55. The summed E-state index contributed by atoms with van der Waals surface area (Å²) >= 11 is 0. The summed E-state index contributed by atoms with van der Waals surface area (Å²) in [7, 11) is 1.64. The third-order valence-electron chi connectivity index (χ3n) is 2.87. The van der Waals surface area contributed by atoms with Gasteiger partial charge in [0.15, 0.2) is 0 Å². The van der Waals surface area contributed by atoms with E-state index in [4.69, 9.17) is 10.5 Å². The molecule has 16 heavy (non-hydrogen) atoms. The van der Waals surface area contributed by atoms with Crippen LogP contribution in [-0.4, -0.2) is 30.4 Å². The molecule has 1 heterocycles. The second-order valence-electron chi connectivity index (χ2n) is 3.77. The normalized spacial score (nSPS) is 12.9. The fourth-order valence-electron chi connectivity index (χ4n) is 1.89. The number of aliphatic hydroxyl groups is 1. The van der Waals surface area contributed by atoms with Gasteiger partial charge in [0.25, 0.3) is 0 Å². The fraction of sp³-hybridized carbons (Fsp3) is 0.333. The lowest BCUT2D eigenvalue weighted by molar-refractivity contribution is 0.268. The Morgan fingerprint density at radius 3 is 2.94 bits per heavy atom. The Morgan fingerprint density at radius 2 is 2.31 bits per heavy atom. The quantitative estimate of drug-likeness (QED) is 0.725. The number of rotatable bonds is 4. The van der Waals surface area contributed by atoms with E-state index < -0.39 is 0 Å². The molecule has 0 saturated heterocycles. The van der Waals surface area contributed by atoms with E-state index in [1.165, 1.54) is 0 Å². The first kappa shape index (κ1) is 11.0. The van der Waals surface area contributed by atoms with Gasteiger partial charge in [-0.2, -0.15) is 0 Å². The highest BCUT2D eigenvalue weighted by Gasteiger charge is 2.13. The maximum Gasteiger partial charge on any atom is 0.119 e. The molecule has 0 aliphatic rings. The lowest BCUT2D eigenvalue weighted by Crippen LogP contribution is -2.15. The van der Waals surface area contributed by atoms with E-state index in [1.807, 2.05) is 24.4 Å². The summed E-state index contributed by atoms with van der Waals surface area (Å²) in [5.74, 6) is 0.780. The summed E-state index contributed by atoms with van der Waals surface area (Å²) in [4.78, 5) is 3.17. The van der Waals surface area contributed by atoms with Gasteiger partial charge in [0.05, 0.1) is 13.7 Å². The predicted molar refractivity (Wildman–Crippen MR) is 63.7 cm³/mol. The van der Waals surface area contributed by atoms with Crippen LogP contribution in [0.2, 0.25) is 0 Å². The Bertz CT molecular complexity index is 475. The molecule has 0 spiro atoms. The SMILES string of the molecule is COc1ccc2[nH]cc(C(CN)CO)c2c1. The van der Waals surface area contributed by atoms with Crippen molar-refractivity contribution in [2.45, 2.75) is 5.92 Å². The molecule has 1 aromatic heterocycles. The molecule has 2 rings (SSSR count). The first-order valence-corrected chi connectivity index (χ1v) is 5.26. The molecule has 0 aliphatic heterocycles. The van der Waals surface area contributed by atoms with Crippen molar-refractivity contribution in [3.63, 3.8) is 0 Å². The number of methoxy groups -OCH3 is 1. The van der Waals surface area contributed by atoms with Crippen LogP contribution < -0.4 is 10.5 Å². The average Bonchev–Trinajstić information content (AvgIpc) is 2.74. The van der Waals surface area contributed by atoms with Crippen LogP contribution in [0.3, 0.4) is 0 Å². The van der Waals surface area contributed by atoms with Crippen LogP contribution in [0, 0.1) is 0 Å². The maximum atomic E-state index is 9.26. The summed E-state index contributed by atoms with van der Waals surface area (Å²) in [6.07, 6.45) is 1.90. The molecule has 1 aromatic carbocycles. The predicted octanol–water partition coefficient (Wildman–Crippen LogP) is 1.21. The summed E-state index contributed by atoms with van der Waals surface area (Å²) in [6, 6.07) is 5.82. The lowest BCUT2D eigenvalue weighted by atomic mass is 9.99. The Kier molecular flexibility index (Phi) is 3.12. The molecule has 4 nitrogen and oxygen atoms in total. The van der Waals surface area contributed by atoms with Gasteiger partial charge in [-0.15, -0.1) is 0 Å². The van der Waals surface area contributed by atoms with Gasteiger partial charge in [0.1, 0.15) is 5.75 Å². The molecule has 1 atom stereocenters. The molecule has 2 aromatic rings. The largest absolute Gasteiger partial charge is 0.497 e. The average molecular weight is 220 g/mol. The van der Waals surface area contributed by atoms with Crippen molar-refractivity contribution in [2.24, 2.45) is 5.73 Å². The Balaban J connectivity index is 2.52. The van der Waals surface area contributed by atoms with E-state index in [-0.39, 0.29) is 12.5 Å². The van der Waals surface area contributed by atoms with Crippen molar-refractivity contribution in [2.75, 3.05) is 20.3 Å². The first-order valence-electron chi connectivity index (χ1n) is 5.26. The number of ether oxygens (including phenoxy) is 1. The zero-order valence-corrected chi connectivity index (χ0v) is 9.23. The van der Waals surface area contributed by atoms with Crippen molar-refractivity contribution >= 4 is 10.9 Å². The van der Waals surface area contributed by atoms with Crippen molar-refractivity contribution in [3.8, 4) is 5.75 Å². The highest BCUT2D eigenvalue weighted by molar-refractivity contribution is 5.85. The number of benzene rings is 1. The number of H-pyrrole nitrogens is 1. The van der Waals surface area contributed by atoms with E-state index in [0.29, 0.717) is 6.54 Å².